The smallest absolute Gasteiger partial charge is 0.150 e. The second-order valence-corrected chi connectivity index (χ2v) is 7.31. The van der Waals surface area contributed by atoms with Gasteiger partial charge >= 0.3 is 0 Å². The zero-order valence-electron chi connectivity index (χ0n) is 16.5. The predicted molar refractivity (Wildman–Crippen MR) is 119 cm³/mol. The number of methoxy groups -OCH3 is 1. The lowest BCUT2D eigenvalue weighted by atomic mass is 10.1. The number of nitrogens with zero attached hydrogens (tertiary/aromatic N) is 3. The van der Waals surface area contributed by atoms with Gasteiger partial charge < -0.3 is 14.6 Å². The number of hydrogen-bond acceptors (Lipinski definition) is 4. The van der Waals surface area contributed by atoms with E-state index in [-0.39, 0.29) is 0 Å². The van der Waals surface area contributed by atoms with Crippen molar-refractivity contribution in [2.45, 2.75) is 13.3 Å². The van der Waals surface area contributed by atoms with Crippen molar-refractivity contribution < 1.29 is 4.74 Å². The van der Waals surface area contributed by atoms with Gasteiger partial charge in [0.25, 0.3) is 0 Å². The quantitative estimate of drug-likeness (QED) is 0.412. The van der Waals surface area contributed by atoms with Crippen LogP contribution in [0.15, 0.2) is 61.1 Å². The molecule has 5 nitrogen and oxygen atoms in total. The van der Waals surface area contributed by atoms with E-state index in [0.29, 0.717) is 6.61 Å². The van der Waals surface area contributed by atoms with E-state index < -0.39 is 0 Å². The molecule has 0 aliphatic carbocycles. The van der Waals surface area contributed by atoms with Crippen molar-refractivity contribution >= 4 is 28.5 Å². The predicted octanol–water partition coefficient (Wildman–Crippen LogP) is 5.50. The molecule has 0 bridgehead atoms. The van der Waals surface area contributed by atoms with Gasteiger partial charge in [-0.05, 0) is 36.6 Å². The molecular weight excluding hydrogens is 384 g/mol. The number of fused-ring (bicyclic) bond motifs is 1. The van der Waals surface area contributed by atoms with Crippen molar-refractivity contribution in [2.24, 2.45) is 0 Å². The van der Waals surface area contributed by atoms with E-state index >= 15 is 0 Å². The molecule has 29 heavy (non-hydrogen) atoms. The van der Waals surface area contributed by atoms with Crippen LogP contribution < -0.4 is 5.32 Å². The Labute approximate surface area is 175 Å². The van der Waals surface area contributed by atoms with E-state index in [1.807, 2.05) is 37.3 Å². The molecule has 148 valence electrons. The average Bonchev–Trinajstić information content (AvgIpc) is 3.14. The lowest BCUT2D eigenvalue weighted by molar-refractivity contribution is 0.198. The van der Waals surface area contributed by atoms with Gasteiger partial charge in [-0.3, -0.25) is 0 Å². The number of rotatable bonds is 7. The Morgan fingerprint density at radius 2 is 1.93 bits per heavy atom. The number of hydrogen-bond donors (Lipinski definition) is 1. The average molecular weight is 407 g/mol. The van der Waals surface area contributed by atoms with Crippen molar-refractivity contribution in [2.75, 3.05) is 25.6 Å². The zero-order chi connectivity index (χ0) is 20.2. The van der Waals surface area contributed by atoms with E-state index in [1.165, 1.54) is 0 Å². The molecule has 0 spiro atoms. The Morgan fingerprint density at radius 1 is 1.10 bits per heavy atom. The second kappa shape index (κ2) is 8.64. The zero-order valence-corrected chi connectivity index (χ0v) is 17.3. The van der Waals surface area contributed by atoms with E-state index in [0.717, 1.165) is 57.2 Å². The summed E-state index contributed by atoms with van der Waals surface area (Å²) in [4.78, 5) is 9.13. The van der Waals surface area contributed by atoms with Crippen LogP contribution in [-0.4, -0.2) is 34.8 Å². The molecule has 0 amide bonds. The first-order chi connectivity index (χ1) is 14.2. The summed E-state index contributed by atoms with van der Waals surface area (Å²) in [6, 6.07) is 16.3. The van der Waals surface area contributed by atoms with Crippen molar-refractivity contribution in [3.05, 3.63) is 71.6 Å². The monoisotopic (exact) mass is 406 g/mol. The van der Waals surface area contributed by atoms with E-state index in [2.05, 4.69) is 44.2 Å². The Balaban J connectivity index is 1.88. The van der Waals surface area contributed by atoms with Crippen LogP contribution in [0, 0.1) is 6.92 Å². The summed E-state index contributed by atoms with van der Waals surface area (Å²) in [6.45, 7) is 3.48. The maximum atomic E-state index is 6.40. The van der Waals surface area contributed by atoms with E-state index in [9.17, 15) is 0 Å². The van der Waals surface area contributed by atoms with Gasteiger partial charge in [-0.1, -0.05) is 48.0 Å². The molecule has 1 N–H and O–H groups in total. The summed E-state index contributed by atoms with van der Waals surface area (Å²) >= 11 is 6.40. The summed E-state index contributed by atoms with van der Waals surface area (Å²) < 4.78 is 7.23. The van der Waals surface area contributed by atoms with Crippen LogP contribution in [0.5, 0.6) is 0 Å². The SMILES string of the molecule is COCCCNc1ncnc2c1c(-c1ccccc1)cn2-c1ccc(C)c(Cl)c1. The van der Waals surface area contributed by atoms with Crippen LogP contribution in [0.1, 0.15) is 12.0 Å². The molecule has 2 aromatic carbocycles. The molecule has 0 radical (unpaired) electrons. The second-order valence-electron chi connectivity index (χ2n) is 6.91. The fraction of sp³-hybridized carbons (Fsp3) is 0.217. The third kappa shape index (κ3) is 3.97. The largest absolute Gasteiger partial charge is 0.385 e. The fourth-order valence-electron chi connectivity index (χ4n) is 3.38. The lowest BCUT2D eigenvalue weighted by Crippen LogP contribution is -2.07. The molecule has 0 unspecified atom stereocenters. The van der Waals surface area contributed by atoms with Gasteiger partial charge in [0.1, 0.15) is 12.1 Å². The number of nitrogens with one attached hydrogen (secondary N) is 1. The van der Waals surface area contributed by atoms with Crippen molar-refractivity contribution in [1.82, 2.24) is 14.5 Å². The third-order valence-corrected chi connectivity index (χ3v) is 5.33. The first kappa shape index (κ1) is 19.4. The van der Waals surface area contributed by atoms with E-state index in [1.54, 1.807) is 13.4 Å². The van der Waals surface area contributed by atoms with Crippen molar-refractivity contribution in [3.8, 4) is 16.8 Å². The third-order valence-electron chi connectivity index (χ3n) is 4.92. The van der Waals surface area contributed by atoms with Gasteiger partial charge in [-0.2, -0.15) is 0 Å². The summed E-state index contributed by atoms with van der Waals surface area (Å²) in [7, 11) is 1.71. The van der Waals surface area contributed by atoms with E-state index in [4.69, 9.17) is 16.3 Å². The van der Waals surface area contributed by atoms with Crippen LogP contribution in [0.2, 0.25) is 5.02 Å². The summed E-state index contributed by atoms with van der Waals surface area (Å²) in [5, 5.41) is 5.17. The van der Waals surface area contributed by atoms with Crippen LogP contribution in [0.4, 0.5) is 5.82 Å². The Morgan fingerprint density at radius 3 is 2.69 bits per heavy atom. The Bertz CT molecular complexity index is 1120. The maximum absolute atomic E-state index is 6.40. The number of aromatic nitrogens is 3. The van der Waals surface area contributed by atoms with Crippen LogP contribution >= 0.6 is 11.6 Å². The lowest BCUT2D eigenvalue weighted by Gasteiger charge is -2.09. The van der Waals surface area contributed by atoms with Gasteiger partial charge in [0, 0.05) is 42.7 Å². The van der Waals surface area contributed by atoms with Crippen LogP contribution in [0.3, 0.4) is 0 Å². The highest BCUT2D eigenvalue weighted by atomic mass is 35.5. The molecule has 0 atom stereocenters. The summed E-state index contributed by atoms with van der Waals surface area (Å²) in [5.41, 5.74) is 5.05. The van der Waals surface area contributed by atoms with Gasteiger partial charge in [0.2, 0.25) is 0 Å². The van der Waals surface area contributed by atoms with Gasteiger partial charge in [-0.15, -0.1) is 0 Å². The molecular formula is C23H23ClN4O. The Kier molecular flexibility index (Phi) is 5.79. The molecule has 4 rings (SSSR count). The minimum absolute atomic E-state index is 0.704. The molecule has 2 heterocycles. The molecule has 4 aromatic rings. The number of benzene rings is 2. The molecule has 2 aromatic heterocycles. The highest BCUT2D eigenvalue weighted by molar-refractivity contribution is 6.31. The van der Waals surface area contributed by atoms with Gasteiger partial charge in [0.15, 0.2) is 5.65 Å². The maximum Gasteiger partial charge on any atom is 0.150 e. The van der Waals surface area contributed by atoms with Gasteiger partial charge in [-0.25, -0.2) is 9.97 Å². The highest BCUT2D eigenvalue weighted by Crippen LogP contribution is 2.35. The molecule has 6 heteroatoms. The number of anilines is 1. The van der Waals surface area contributed by atoms with Crippen LogP contribution in [0.25, 0.3) is 27.8 Å². The molecule has 0 saturated carbocycles. The Hall–Kier alpha value is -2.89. The minimum atomic E-state index is 0.704. The number of halogens is 1. The first-order valence-corrected chi connectivity index (χ1v) is 9.97. The minimum Gasteiger partial charge on any atom is -0.385 e. The standard InChI is InChI=1S/C23H23ClN4O/c1-16-9-10-18(13-20(16)24)28-14-19(17-7-4-3-5-8-17)21-22(25-11-6-12-29-2)26-15-27-23(21)28/h3-5,7-10,13-15H,6,11-12H2,1-2H3,(H,25,26,27). The highest BCUT2D eigenvalue weighted by Gasteiger charge is 2.17. The normalized spacial score (nSPS) is 11.1. The molecule has 0 saturated heterocycles. The van der Waals surface area contributed by atoms with Crippen molar-refractivity contribution in [1.29, 1.82) is 0 Å². The van der Waals surface area contributed by atoms with Crippen molar-refractivity contribution in [3.63, 3.8) is 0 Å². The molecule has 0 aliphatic heterocycles. The summed E-state index contributed by atoms with van der Waals surface area (Å²) in [5.74, 6) is 0.821. The molecule has 0 fully saturated rings. The first-order valence-electron chi connectivity index (χ1n) is 9.60. The topological polar surface area (TPSA) is 52.0 Å². The summed E-state index contributed by atoms with van der Waals surface area (Å²) in [6.07, 6.45) is 4.61. The van der Waals surface area contributed by atoms with Gasteiger partial charge in [0.05, 0.1) is 5.39 Å². The number of aryl methyl sites for hydroxylation is 1. The van der Waals surface area contributed by atoms with Crippen LogP contribution in [-0.2, 0) is 4.74 Å². The number of ether oxygens (including phenoxy) is 1. The fourth-order valence-corrected chi connectivity index (χ4v) is 3.56. The molecule has 0 aliphatic rings.